The highest BCUT2D eigenvalue weighted by atomic mass is 32.1. The Kier molecular flexibility index (Phi) is 6.15. The first kappa shape index (κ1) is 22.0. The fourth-order valence-electron chi connectivity index (χ4n) is 4.91. The van der Waals surface area contributed by atoms with Gasteiger partial charge in [0.2, 0.25) is 0 Å². The Balaban J connectivity index is 1.29. The molecule has 2 bridgehead atoms. The molecule has 2 amide bonds. The van der Waals surface area contributed by atoms with Gasteiger partial charge < -0.3 is 10.2 Å². The summed E-state index contributed by atoms with van der Waals surface area (Å²) >= 11 is 1.47. The number of rotatable bonds is 6. The monoisotopic (exact) mass is 473 g/mol. The highest BCUT2D eigenvalue weighted by Gasteiger charge is 2.43. The van der Waals surface area contributed by atoms with Crippen molar-refractivity contribution in [3.8, 4) is 10.7 Å². The van der Waals surface area contributed by atoms with Crippen LogP contribution < -0.4 is 10.6 Å². The highest BCUT2D eigenvalue weighted by Crippen LogP contribution is 2.36. The van der Waals surface area contributed by atoms with E-state index in [1.807, 2.05) is 24.0 Å². The molecule has 0 aromatic carbocycles. The zero-order chi connectivity index (χ0) is 22.9. The number of alkyl halides is 2. The second-order valence-electron chi connectivity index (χ2n) is 8.68. The lowest BCUT2D eigenvalue weighted by atomic mass is 9.97. The van der Waals surface area contributed by atoms with Gasteiger partial charge in [-0.25, -0.2) is 18.6 Å². The van der Waals surface area contributed by atoms with Gasteiger partial charge in [0.15, 0.2) is 5.01 Å². The van der Waals surface area contributed by atoms with Crippen molar-refractivity contribution in [2.75, 3.05) is 18.7 Å². The molecule has 3 atom stereocenters. The van der Waals surface area contributed by atoms with Gasteiger partial charge in [0.05, 0.1) is 6.04 Å². The Bertz CT molecular complexity index is 1140. The molecule has 174 valence electrons. The summed E-state index contributed by atoms with van der Waals surface area (Å²) in [6.45, 7) is 0.443. The number of hydrogen-bond donors (Lipinski definition) is 2. The zero-order valence-electron chi connectivity index (χ0n) is 18.2. The van der Waals surface area contributed by atoms with Gasteiger partial charge in [0.1, 0.15) is 29.9 Å². The number of nitrogens with zero attached hydrogens (tertiary/aromatic N) is 5. The van der Waals surface area contributed by atoms with Crippen LogP contribution in [0.2, 0.25) is 0 Å². The number of nitrogens with one attached hydrogen (secondary N) is 2. The number of pyridine rings is 2. The van der Waals surface area contributed by atoms with E-state index in [4.69, 9.17) is 0 Å². The molecule has 0 spiro atoms. The third-order valence-electron chi connectivity index (χ3n) is 6.39. The molecule has 2 aliphatic heterocycles. The summed E-state index contributed by atoms with van der Waals surface area (Å²) in [6, 6.07) is 2.93. The Morgan fingerprint density at radius 2 is 1.85 bits per heavy atom. The number of amides is 2. The number of hydrogen-bond acceptors (Lipinski definition) is 7. The Hall–Kier alpha value is -2.79. The molecule has 2 unspecified atom stereocenters. The van der Waals surface area contributed by atoms with Gasteiger partial charge in [-0.05, 0) is 50.1 Å². The summed E-state index contributed by atoms with van der Waals surface area (Å²) in [6.07, 6.45) is 6.61. The lowest BCUT2D eigenvalue weighted by Gasteiger charge is -2.39. The Labute approximate surface area is 193 Å². The number of anilines is 1. The molecular weight excluding hydrogens is 448 g/mol. The number of carbonyl (C=O) groups excluding carboxylic acids is 1. The molecular formula is C22H25F2N7OS. The number of urea groups is 1. The van der Waals surface area contributed by atoms with Crippen LogP contribution in [0.25, 0.3) is 21.5 Å². The average molecular weight is 474 g/mol. The lowest BCUT2D eigenvalue weighted by Crippen LogP contribution is -2.54. The molecule has 8 nitrogen and oxygen atoms in total. The molecule has 33 heavy (non-hydrogen) atoms. The average Bonchev–Trinajstić information content (AvgIpc) is 3.37. The largest absolute Gasteiger partial charge is 0.323 e. The van der Waals surface area contributed by atoms with E-state index in [1.54, 1.807) is 12.4 Å². The molecule has 2 N–H and O–H groups in total. The molecule has 5 rings (SSSR count). The topological polar surface area (TPSA) is 95.9 Å². The van der Waals surface area contributed by atoms with Gasteiger partial charge in [-0.15, -0.1) is 10.2 Å². The molecule has 0 aliphatic carbocycles. The van der Waals surface area contributed by atoms with E-state index in [2.05, 4.69) is 30.8 Å². The maximum absolute atomic E-state index is 13.1. The minimum absolute atomic E-state index is 0.0248. The maximum atomic E-state index is 13.1. The standard InChI is InChI=1S/C22H25F2N7OS/c1-12-29-30-21(33-12)19-4-13-5-20(26-11-14(13)10-25-19)28-22(32)31-17-2-3-18(31)7-15(6-17)27-16(8-23)9-24/h4-5,10-11,15-18,27H,2-3,6-9H2,1H3,(H,26,28,32)/t15?,17-,18?/m0/s1. The zero-order valence-corrected chi connectivity index (χ0v) is 19.0. The third kappa shape index (κ3) is 4.51. The van der Waals surface area contributed by atoms with Crippen LogP contribution in [0, 0.1) is 6.92 Å². The van der Waals surface area contributed by atoms with Crippen molar-refractivity contribution < 1.29 is 13.6 Å². The van der Waals surface area contributed by atoms with Crippen molar-refractivity contribution >= 4 is 34.0 Å². The highest BCUT2D eigenvalue weighted by molar-refractivity contribution is 7.14. The first-order valence-electron chi connectivity index (χ1n) is 11.1. The van der Waals surface area contributed by atoms with Crippen molar-refractivity contribution in [3.05, 3.63) is 29.5 Å². The summed E-state index contributed by atoms with van der Waals surface area (Å²) in [5.41, 5.74) is 0.726. The Morgan fingerprint density at radius 3 is 2.52 bits per heavy atom. The lowest BCUT2D eigenvalue weighted by molar-refractivity contribution is 0.133. The van der Waals surface area contributed by atoms with E-state index in [-0.39, 0.29) is 24.2 Å². The number of carbonyl (C=O) groups is 1. The van der Waals surface area contributed by atoms with Crippen LogP contribution in [-0.4, -0.2) is 68.6 Å². The van der Waals surface area contributed by atoms with Gasteiger partial charge >= 0.3 is 6.03 Å². The molecule has 2 fully saturated rings. The normalized spacial score (nSPS) is 22.3. The van der Waals surface area contributed by atoms with Gasteiger partial charge in [-0.3, -0.25) is 10.3 Å². The van der Waals surface area contributed by atoms with Crippen LogP contribution in [0.15, 0.2) is 24.5 Å². The van der Waals surface area contributed by atoms with E-state index in [9.17, 15) is 13.6 Å². The van der Waals surface area contributed by atoms with Crippen LogP contribution in [0.4, 0.5) is 19.4 Å². The van der Waals surface area contributed by atoms with E-state index in [1.165, 1.54) is 11.3 Å². The SMILES string of the molecule is Cc1nnc(-c2cc3cc(NC(=O)N4C5CC[C@H]4CC(NC(CF)CF)C5)ncc3cn2)s1. The summed E-state index contributed by atoms with van der Waals surface area (Å²) in [7, 11) is 0. The number of aryl methyl sites for hydroxylation is 1. The van der Waals surface area contributed by atoms with Gasteiger partial charge in [0, 0.05) is 35.9 Å². The van der Waals surface area contributed by atoms with Crippen molar-refractivity contribution in [2.45, 2.75) is 56.8 Å². The molecule has 0 saturated carbocycles. The molecule has 5 heterocycles. The van der Waals surface area contributed by atoms with Gasteiger partial charge in [-0.1, -0.05) is 11.3 Å². The predicted molar refractivity (Wildman–Crippen MR) is 123 cm³/mol. The third-order valence-corrected chi connectivity index (χ3v) is 7.26. The number of aromatic nitrogens is 4. The molecule has 0 radical (unpaired) electrons. The van der Waals surface area contributed by atoms with Crippen molar-refractivity contribution in [2.24, 2.45) is 0 Å². The first-order chi connectivity index (χ1) is 16.0. The molecule has 3 aromatic heterocycles. The fourth-order valence-corrected chi connectivity index (χ4v) is 5.57. The summed E-state index contributed by atoms with van der Waals surface area (Å²) < 4.78 is 25.8. The summed E-state index contributed by atoms with van der Waals surface area (Å²) in [5, 5.41) is 17.6. The van der Waals surface area contributed by atoms with Gasteiger partial charge in [0.25, 0.3) is 0 Å². The first-order valence-corrected chi connectivity index (χ1v) is 11.9. The minimum atomic E-state index is -0.764. The van der Waals surface area contributed by atoms with Crippen LogP contribution >= 0.6 is 11.3 Å². The van der Waals surface area contributed by atoms with E-state index in [0.29, 0.717) is 18.7 Å². The quantitative estimate of drug-likeness (QED) is 0.564. The van der Waals surface area contributed by atoms with E-state index in [0.717, 1.165) is 39.3 Å². The predicted octanol–water partition coefficient (Wildman–Crippen LogP) is 3.88. The van der Waals surface area contributed by atoms with Crippen LogP contribution in [0.1, 0.15) is 30.7 Å². The van der Waals surface area contributed by atoms with E-state index < -0.39 is 19.4 Å². The van der Waals surface area contributed by atoms with Crippen LogP contribution in [0.3, 0.4) is 0 Å². The van der Waals surface area contributed by atoms with Crippen molar-refractivity contribution in [3.63, 3.8) is 0 Å². The second kappa shape index (κ2) is 9.22. The molecule has 2 aliphatic rings. The number of piperidine rings is 1. The molecule has 3 aromatic rings. The molecule has 11 heteroatoms. The van der Waals surface area contributed by atoms with Crippen molar-refractivity contribution in [1.82, 2.24) is 30.4 Å². The summed E-state index contributed by atoms with van der Waals surface area (Å²) in [5.74, 6) is 0.465. The summed E-state index contributed by atoms with van der Waals surface area (Å²) in [4.78, 5) is 23.8. The van der Waals surface area contributed by atoms with E-state index >= 15 is 0 Å². The van der Waals surface area contributed by atoms with Gasteiger partial charge in [-0.2, -0.15) is 0 Å². The minimum Gasteiger partial charge on any atom is -0.318 e. The number of halogens is 2. The molecule has 2 saturated heterocycles. The fraction of sp³-hybridized carbons (Fsp3) is 0.500. The van der Waals surface area contributed by atoms with Crippen LogP contribution in [-0.2, 0) is 0 Å². The second-order valence-corrected chi connectivity index (χ2v) is 9.86. The van der Waals surface area contributed by atoms with Crippen molar-refractivity contribution in [1.29, 1.82) is 0 Å². The Morgan fingerprint density at radius 1 is 1.12 bits per heavy atom. The smallest absolute Gasteiger partial charge is 0.318 e. The maximum Gasteiger partial charge on any atom is 0.323 e. The number of fused-ring (bicyclic) bond motifs is 3. The van der Waals surface area contributed by atoms with Crippen LogP contribution in [0.5, 0.6) is 0 Å².